The van der Waals surface area contributed by atoms with E-state index in [0.717, 1.165) is 0 Å². The maximum atomic E-state index is 9.00. The van der Waals surface area contributed by atoms with Crippen LogP contribution in [0.25, 0.3) is 0 Å². The van der Waals surface area contributed by atoms with Crippen LogP contribution in [0.15, 0.2) is 0 Å². The molecule has 74 valence electrons. The molecule has 0 aliphatic carbocycles. The fourth-order valence-electron chi connectivity index (χ4n) is 0.250. The second-order valence-corrected chi connectivity index (χ2v) is 1.54. The van der Waals surface area contributed by atoms with Crippen molar-refractivity contribution in [1.82, 2.24) is 0 Å². The molecule has 7 heteroatoms. The van der Waals surface area contributed by atoms with Gasteiger partial charge in [-0.2, -0.15) is 0 Å². The van der Waals surface area contributed by atoms with Crippen molar-refractivity contribution >= 4 is 6.03 Å². The average Bonchev–Trinajstić information content (AvgIpc) is 2.02. The fraction of sp³-hybridized carbons (Fsp3) is 0.800. The molecule has 0 bridgehead atoms. The van der Waals surface area contributed by atoms with Gasteiger partial charge in [-0.15, -0.1) is 0 Å². The zero-order chi connectivity index (χ0) is 10.2. The molecular formula is C5H14N2O5. The van der Waals surface area contributed by atoms with E-state index >= 15 is 0 Å². The lowest BCUT2D eigenvalue weighted by Crippen LogP contribution is -2.35. The molecule has 0 saturated carbocycles. The van der Waals surface area contributed by atoms with E-state index < -0.39 is 12.2 Å². The van der Waals surface area contributed by atoms with Gasteiger partial charge < -0.3 is 30.8 Å². The summed E-state index contributed by atoms with van der Waals surface area (Å²) in [5.74, 6) is 0. The van der Waals surface area contributed by atoms with Crippen LogP contribution in [0.5, 0.6) is 0 Å². The van der Waals surface area contributed by atoms with E-state index in [1.807, 2.05) is 0 Å². The Morgan fingerprint density at radius 1 is 1.17 bits per heavy atom. The van der Waals surface area contributed by atoms with Gasteiger partial charge in [0.1, 0.15) is 0 Å². The summed E-state index contributed by atoms with van der Waals surface area (Å²) in [7, 11) is 3.81. The minimum absolute atomic E-state index is 0.833. The Balaban J connectivity index is 0. The normalized spacial score (nSPS) is 10.0. The predicted molar refractivity (Wildman–Crippen MR) is 39.7 cm³/mol. The Hall–Kier alpha value is -0.890. The Morgan fingerprint density at radius 2 is 1.33 bits per heavy atom. The highest BCUT2D eigenvalue weighted by atomic mass is 17.0. The summed E-state index contributed by atoms with van der Waals surface area (Å²) >= 11 is 0. The third kappa shape index (κ3) is 9.11. The predicted octanol–water partition coefficient (Wildman–Crippen LogP) is -1.45. The number of primary amides is 2. The molecule has 0 spiro atoms. The molecule has 5 N–H and O–H groups in total. The number of methoxy groups -OCH3 is 3. The van der Waals surface area contributed by atoms with E-state index in [1.165, 1.54) is 21.3 Å². The molecule has 2 amide bonds. The highest BCUT2D eigenvalue weighted by Crippen LogP contribution is 2.04. The van der Waals surface area contributed by atoms with Crippen molar-refractivity contribution in [3.05, 3.63) is 0 Å². The van der Waals surface area contributed by atoms with E-state index in [9.17, 15) is 0 Å². The minimum Gasteiger partial charge on any atom is -0.352 e. The van der Waals surface area contributed by atoms with E-state index in [4.69, 9.17) is 9.90 Å². The van der Waals surface area contributed by atoms with Crippen molar-refractivity contribution in [3.8, 4) is 0 Å². The number of nitrogens with two attached hydrogens (primary N) is 2. The van der Waals surface area contributed by atoms with E-state index in [0.29, 0.717) is 0 Å². The summed E-state index contributed by atoms with van der Waals surface area (Å²) in [6, 6.07) is -0.833. The topological polar surface area (TPSA) is 117 Å². The van der Waals surface area contributed by atoms with Crippen molar-refractivity contribution in [2.24, 2.45) is 11.5 Å². The van der Waals surface area contributed by atoms with E-state index in [2.05, 4.69) is 25.7 Å². The van der Waals surface area contributed by atoms with Gasteiger partial charge in [-0.05, 0) is 0 Å². The minimum atomic E-state index is -1.88. The molecule has 0 aromatic carbocycles. The highest BCUT2D eigenvalue weighted by molar-refractivity contribution is 5.69. The van der Waals surface area contributed by atoms with Crippen LogP contribution in [-0.2, 0) is 14.2 Å². The third-order valence-electron chi connectivity index (χ3n) is 0.774. The van der Waals surface area contributed by atoms with Crippen LogP contribution < -0.4 is 11.5 Å². The van der Waals surface area contributed by atoms with Crippen molar-refractivity contribution < 1.29 is 24.1 Å². The SMILES string of the molecule is COC(O)(OC)OC.NC(N)=O. The lowest BCUT2D eigenvalue weighted by atomic mass is 11.0. The average molecular weight is 182 g/mol. The van der Waals surface area contributed by atoms with Crippen molar-refractivity contribution in [3.63, 3.8) is 0 Å². The van der Waals surface area contributed by atoms with E-state index in [-0.39, 0.29) is 0 Å². The standard InChI is InChI=1S/C4H10O4.CH4N2O/c1-6-4(5,7-2)8-3;2-1(3)4/h5H,1-3H3;(H4,2,3,4). The van der Waals surface area contributed by atoms with Crippen LogP contribution in [-0.4, -0.2) is 38.6 Å². The van der Waals surface area contributed by atoms with Crippen LogP contribution >= 0.6 is 0 Å². The van der Waals surface area contributed by atoms with Gasteiger partial charge in [0.2, 0.25) is 0 Å². The summed E-state index contributed by atoms with van der Waals surface area (Å²) in [6.07, 6.45) is -1.88. The van der Waals surface area contributed by atoms with Crippen LogP contribution in [0.2, 0.25) is 0 Å². The largest absolute Gasteiger partial charge is 0.409 e. The molecule has 0 aromatic rings. The quantitative estimate of drug-likeness (QED) is 0.462. The van der Waals surface area contributed by atoms with Gasteiger partial charge in [-0.3, -0.25) is 0 Å². The Kier molecular flexibility index (Phi) is 7.75. The lowest BCUT2D eigenvalue weighted by Gasteiger charge is -2.20. The number of ether oxygens (including phenoxy) is 3. The fourth-order valence-corrected chi connectivity index (χ4v) is 0.250. The van der Waals surface area contributed by atoms with Crippen LogP contribution in [0.3, 0.4) is 0 Å². The second-order valence-electron chi connectivity index (χ2n) is 1.54. The first-order valence-corrected chi connectivity index (χ1v) is 2.84. The van der Waals surface area contributed by atoms with Crippen molar-refractivity contribution in [2.75, 3.05) is 21.3 Å². The summed E-state index contributed by atoms with van der Waals surface area (Å²) in [4.78, 5) is 9.00. The van der Waals surface area contributed by atoms with Gasteiger partial charge in [0.25, 0.3) is 0 Å². The van der Waals surface area contributed by atoms with Crippen molar-refractivity contribution in [2.45, 2.75) is 6.16 Å². The maximum Gasteiger partial charge on any atom is 0.409 e. The molecule has 0 fully saturated rings. The van der Waals surface area contributed by atoms with Gasteiger partial charge in [0.05, 0.1) is 0 Å². The number of rotatable bonds is 3. The number of urea groups is 1. The summed E-state index contributed by atoms with van der Waals surface area (Å²) in [5, 5.41) is 8.77. The third-order valence-corrected chi connectivity index (χ3v) is 0.774. The Labute approximate surface area is 70.2 Å². The highest BCUT2D eigenvalue weighted by Gasteiger charge is 2.24. The molecular weight excluding hydrogens is 168 g/mol. The van der Waals surface area contributed by atoms with Crippen LogP contribution in [0, 0.1) is 0 Å². The molecule has 12 heavy (non-hydrogen) atoms. The monoisotopic (exact) mass is 182 g/mol. The Morgan fingerprint density at radius 3 is 1.33 bits per heavy atom. The number of hydrogen-bond acceptors (Lipinski definition) is 5. The number of aliphatic hydroxyl groups is 1. The number of hydrogen-bond donors (Lipinski definition) is 3. The van der Waals surface area contributed by atoms with Gasteiger partial charge >= 0.3 is 12.2 Å². The molecule has 0 unspecified atom stereocenters. The molecule has 0 aromatic heterocycles. The molecule has 0 radical (unpaired) electrons. The van der Waals surface area contributed by atoms with Gasteiger partial charge in [-0.25, -0.2) is 4.79 Å². The molecule has 0 aliphatic heterocycles. The first-order valence-electron chi connectivity index (χ1n) is 2.84. The van der Waals surface area contributed by atoms with E-state index in [1.54, 1.807) is 0 Å². The second kappa shape index (κ2) is 6.80. The summed E-state index contributed by atoms with van der Waals surface area (Å²) < 4.78 is 13.0. The molecule has 0 rings (SSSR count). The lowest BCUT2D eigenvalue weighted by molar-refractivity contribution is -0.464. The maximum absolute atomic E-state index is 9.00. The Bertz CT molecular complexity index is 113. The first kappa shape index (κ1) is 13.7. The zero-order valence-corrected chi connectivity index (χ0v) is 7.23. The van der Waals surface area contributed by atoms with Gasteiger partial charge in [0.15, 0.2) is 0 Å². The number of carbonyl (C=O) groups is 1. The number of carbonyl (C=O) groups excluding carboxylic acids is 1. The van der Waals surface area contributed by atoms with Gasteiger partial charge in [0, 0.05) is 21.3 Å². The van der Waals surface area contributed by atoms with Crippen LogP contribution in [0.1, 0.15) is 0 Å². The smallest absolute Gasteiger partial charge is 0.352 e. The zero-order valence-electron chi connectivity index (χ0n) is 7.23. The van der Waals surface area contributed by atoms with Crippen LogP contribution in [0.4, 0.5) is 4.79 Å². The molecule has 0 aliphatic rings. The number of amides is 2. The summed E-state index contributed by atoms with van der Waals surface area (Å²) in [5.41, 5.74) is 8.50. The van der Waals surface area contributed by atoms with Gasteiger partial charge in [-0.1, -0.05) is 0 Å². The molecule has 0 heterocycles. The first-order chi connectivity index (χ1) is 5.41. The van der Waals surface area contributed by atoms with Crippen molar-refractivity contribution in [1.29, 1.82) is 0 Å². The molecule has 0 saturated heterocycles. The summed E-state index contributed by atoms with van der Waals surface area (Å²) in [6.45, 7) is 0. The molecule has 0 atom stereocenters. The molecule has 7 nitrogen and oxygen atoms in total.